The van der Waals surface area contributed by atoms with E-state index in [1.165, 1.54) is 6.07 Å². The first-order chi connectivity index (χ1) is 11.5. The molecule has 0 N–H and O–H groups in total. The minimum atomic E-state index is -0.573. The largest absolute Gasteiger partial charge is 0.402 e. The molecule has 24 heavy (non-hydrogen) atoms. The van der Waals surface area contributed by atoms with Gasteiger partial charge in [-0.15, -0.1) is 0 Å². The average molecular weight is 322 g/mol. The number of carbonyl (C=O) groups excluding carboxylic acids is 1. The molecule has 3 rings (SSSR count). The Hall–Kier alpha value is -3.28. The van der Waals surface area contributed by atoms with Crippen molar-refractivity contribution in [3.8, 4) is 0 Å². The van der Waals surface area contributed by atoms with Crippen LogP contribution >= 0.6 is 0 Å². The molecule has 6 heteroatoms. The van der Waals surface area contributed by atoms with Gasteiger partial charge in [-0.05, 0) is 31.6 Å². The van der Waals surface area contributed by atoms with Crippen LogP contribution in [0.25, 0.3) is 6.08 Å². The van der Waals surface area contributed by atoms with Crippen LogP contribution in [0.15, 0.2) is 53.2 Å². The van der Waals surface area contributed by atoms with E-state index in [-0.39, 0.29) is 17.3 Å². The Bertz CT molecular complexity index is 896. The van der Waals surface area contributed by atoms with Gasteiger partial charge in [-0.3, -0.25) is 10.1 Å². The van der Waals surface area contributed by atoms with Gasteiger partial charge in [0.15, 0.2) is 5.70 Å². The summed E-state index contributed by atoms with van der Waals surface area (Å²) >= 11 is 0. The molecule has 0 aliphatic carbocycles. The lowest BCUT2D eigenvalue weighted by Crippen LogP contribution is -2.08. The molecule has 1 heterocycles. The van der Waals surface area contributed by atoms with Crippen LogP contribution in [-0.2, 0) is 9.53 Å². The molecule has 0 fully saturated rings. The third kappa shape index (κ3) is 2.94. The zero-order valence-electron chi connectivity index (χ0n) is 13.1. The molecular weight excluding hydrogens is 308 g/mol. The Morgan fingerprint density at radius 2 is 1.83 bits per heavy atom. The number of rotatable bonds is 3. The van der Waals surface area contributed by atoms with Crippen molar-refractivity contribution in [3.05, 3.63) is 80.5 Å². The lowest BCUT2D eigenvalue weighted by molar-refractivity contribution is -0.385. The van der Waals surface area contributed by atoms with Gasteiger partial charge >= 0.3 is 5.97 Å². The van der Waals surface area contributed by atoms with Crippen LogP contribution in [-0.4, -0.2) is 16.8 Å². The van der Waals surface area contributed by atoms with E-state index in [1.807, 2.05) is 31.2 Å². The first-order valence-electron chi connectivity index (χ1n) is 7.29. The summed E-state index contributed by atoms with van der Waals surface area (Å²) in [5, 5.41) is 11.0. The fraction of sp³-hybridized carbons (Fsp3) is 0.111. The number of aliphatic imine (C=N–C) groups is 1. The lowest BCUT2D eigenvalue weighted by Gasteiger charge is -2.04. The molecule has 0 saturated carbocycles. The van der Waals surface area contributed by atoms with Crippen LogP contribution in [0.1, 0.15) is 22.3 Å². The molecular formula is C18H14N2O4. The molecule has 120 valence electrons. The van der Waals surface area contributed by atoms with Gasteiger partial charge in [0.2, 0.25) is 5.90 Å². The molecule has 0 atom stereocenters. The predicted octanol–water partition coefficient (Wildman–Crippen LogP) is 3.56. The van der Waals surface area contributed by atoms with Crippen LogP contribution in [0.4, 0.5) is 5.69 Å². The van der Waals surface area contributed by atoms with E-state index in [2.05, 4.69) is 4.99 Å². The molecule has 0 saturated heterocycles. The third-order valence-electron chi connectivity index (χ3n) is 3.73. The molecule has 6 nitrogen and oxygen atoms in total. The van der Waals surface area contributed by atoms with E-state index in [4.69, 9.17) is 4.74 Å². The van der Waals surface area contributed by atoms with Gasteiger partial charge in [-0.1, -0.05) is 35.9 Å². The molecule has 0 spiro atoms. The van der Waals surface area contributed by atoms with Crippen molar-refractivity contribution in [3.63, 3.8) is 0 Å². The van der Waals surface area contributed by atoms with Gasteiger partial charge in [0.05, 0.1) is 4.92 Å². The number of hydrogen-bond acceptors (Lipinski definition) is 5. The zero-order chi connectivity index (χ0) is 17.3. The second kappa shape index (κ2) is 6.08. The van der Waals surface area contributed by atoms with E-state index in [0.29, 0.717) is 11.1 Å². The molecule has 1 aliphatic heterocycles. The van der Waals surface area contributed by atoms with Crippen molar-refractivity contribution in [2.75, 3.05) is 0 Å². The van der Waals surface area contributed by atoms with Crippen molar-refractivity contribution in [1.29, 1.82) is 0 Å². The highest BCUT2D eigenvalue weighted by Crippen LogP contribution is 2.26. The van der Waals surface area contributed by atoms with Gasteiger partial charge < -0.3 is 4.74 Å². The van der Waals surface area contributed by atoms with Crippen LogP contribution in [0.5, 0.6) is 0 Å². The first-order valence-corrected chi connectivity index (χ1v) is 7.29. The number of aryl methyl sites for hydroxylation is 1. The van der Waals surface area contributed by atoms with Gasteiger partial charge in [0.25, 0.3) is 5.69 Å². The number of hydrogen-bond donors (Lipinski definition) is 0. The number of cyclic esters (lactones) is 1. The summed E-state index contributed by atoms with van der Waals surface area (Å²) in [5.41, 5.74) is 2.91. The summed E-state index contributed by atoms with van der Waals surface area (Å²) in [7, 11) is 0. The minimum absolute atomic E-state index is 0.0396. The van der Waals surface area contributed by atoms with Crippen LogP contribution in [0.3, 0.4) is 0 Å². The molecule has 0 bridgehead atoms. The van der Waals surface area contributed by atoms with E-state index in [1.54, 1.807) is 25.1 Å². The van der Waals surface area contributed by atoms with E-state index < -0.39 is 10.9 Å². The number of nitro benzene ring substituents is 1. The maximum absolute atomic E-state index is 12.0. The molecule has 2 aromatic carbocycles. The molecule has 0 aromatic heterocycles. The summed E-state index contributed by atoms with van der Waals surface area (Å²) in [6, 6.07) is 12.2. The summed E-state index contributed by atoms with van der Waals surface area (Å²) in [5.74, 6) is -0.490. The topological polar surface area (TPSA) is 81.8 Å². The monoisotopic (exact) mass is 322 g/mol. The third-order valence-corrected chi connectivity index (χ3v) is 3.73. The molecule has 0 unspecified atom stereocenters. The maximum atomic E-state index is 12.0. The number of esters is 1. The van der Waals surface area contributed by atoms with Crippen molar-refractivity contribution in [2.45, 2.75) is 13.8 Å². The molecule has 0 radical (unpaired) electrons. The van der Waals surface area contributed by atoms with Gasteiger partial charge in [0.1, 0.15) is 0 Å². The Kier molecular flexibility index (Phi) is 3.95. The second-order valence-electron chi connectivity index (χ2n) is 5.45. The van der Waals surface area contributed by atoms with Crippen LogP contribution < -0.4 is 0 Å². The molecule has 2 aromatic rings. The van der Waals surface area contributed by atoms with Crippen molar-refractivity contribution in [1.82, 2.24) is 0 Å². The summed E-state index contributed by atoms with van der Waals surface area (Å²) < 4.78 is 5.19. The molecule has 0 amide bonds. The Balaban J connectivity index is 1.99. The zero-order valence-corrected chi connectivity index (χ0v) is 13.1. The van der Waals surface area contributed by atoms with Crippen LogP contribution in [0.2, 0.25) is 0 Å². The van der Waals surface area contributed by atoms with E-state index in [0.717, 1.165) is 11.1 Å². The van der Waals surface area contributed by atoms with Gasteiger partial charge in [0, 0.05) is 17.2 Å². The van der Waals surface area contributed by atoms with Crippen molar-refractivity contribution in [2.24, 2.45) is 4.99 Å². The normalized spacial score (nSPS) is 15.3. The highest BCUT2D eigenvalue weighted by molar-refractivity contribution is 6.13. The fourth-order valence-electron chi connectivity index (χ4n) is 2.40. The predicted molar refractivity (Wildman–Crippen MR) is 89.6 cm³/mol. The Morgan fingerprint density at radius 3 is 2.50 bits per heavy atom. The number of nitro groups is 1. The summed E-state index contributed by atoms with van der Waals surface area (Å²) in [6.07, 6.45) is 1.63. The smallest absolute Gasteiger partial charge is 0.363 e. The Morgan fingerprint density at radius 1 is 1.12 bits per heavy atom. The highest BCUT2D eigenvalue weighted by atomic mass is 16.6. The SMILES string of the molecule is Cc1ccc(C=C2N=C(c3cccc([N+](=O)[O-])c3C)OC2=O)cc1. The van der Waals surface area contributed by atoms with Crippen molar-refractivity contribution < 1.29 is 14.5 Å². The van der Waals surface area contributed by atoms with Crippen LogP contribution in [0, 0.1) is 24.0 Å². The van der Waals surface area contributed by atoms with E-state index in [9.17, 15) is 14.9 Å². The molecule has 1 aliphatic rings. The van der Waals surface area contributed by atoms with Gasteiger partial charge in [-0.25, -0.2) is 9.79 Å². The number of ether oxygens (including phenoxy) is 1. The van der Waals surface area contributed by atoms with Gasteiger partial charge in [-0.2, -0.15) is 0 Å². The lowest BCUT2D eigenvalue weighted by atomic mass is 10.1. The highest BCUT2D eigenvalue weighted by Gasteiger charge is 2.27. The number of nitrogens with zero attached hydrogens (tertiary/aromatic N) is 2. The Labute approximate surface area is 138 Å². The van der Waals surface area contributed by atoms with E-state index >= 15 is 0 Å². The second-order valence-corrected chi connectivity index (χ2v) is 5.45. The maximum Gasteiger partial charge on any atom is 0.363 e. The standard InChI is InChI=1S/C18H14N2O4/c1-11-6-8-13(9-7-11)10-15-18(21)24-17(19-15)14-4-3-5-16(12(14)2)20(22)23/h3-10H,1-2H3. The quantitative estimate of drug-likeness (QED) is 0.374. The summed E-state index contributed by atoms with van der Waals surface area (Å²) in [6.45, 7) is 3.58. The summed E-state index contributed by atoms with van der Waals surface area (Å²) in [4.78, 5) is 26.8. The minimum Gasteiger partial charge on any atom is -0.402 e. The van der Waals surface area contributed by atoms with Crippen molar-refractivity contribution >= 4 is 23.6 Å². The average Bonchev–Trinajstić information content (AvgIpc) is 2.90. The number of benzene rings is 2. The fourth-order valence-corrected chi connectivity index (χ4v) is 2.40. The first kappa shape index (κ1) is 15.6. The number of carbonyl (C=O) groups is 1.